The minimum atomic E-state index is 0.371. The van der Waals surface area contributed by atoms with Gasteiger partial charge in [-0.1, -0.05) is 140 Å². The number of nitrogens with zero attached hydrogens (tertiary/aromatic N) is 1. The first-order valence-corrected chi connectivity index (χ1v) is 17.9. The molecule has 1 aromatic heterocycles. The summed E-state index contributed by atoms with van der Waals surface area (Å²) in [6, 6.07) is 67.3. The molecule has 8 aromatic rings. The van der Waals surface area contributed by atoms with Gasteiger partial charge in [-0.3, -0.25) is 0 Å². The molecule has 236 valence electrons. The van der Waals surface area contributed by atoms with Crippen molar-refractivity contribution in [2.75, 3.05) is 4.90 Å². The molecule has 0 aliphatic heterocycles. The largest absolute Gasteiger partial charge is 0.311 e. The van der Waals surface area contributed by atoms with Crippen molar-refractivity contribution in [1.82, 2.24) is 0 Å². The van der Waals surface area contributed by atoms with E-state index >= 15 is 0 Å². The Bertz CT molecular complexity index is 2340. The van der Waals surface area contributed by atoms with Gasteiger partial charge >= 0.3 is 0 Å². The lowest BCUT2D eigenvalue weighted by Crippen LogP contribution is -2.09. The highest BCUT2D eigenvalue weighted by atomic mass is 32.1. The van der Waals surface area contributed by atoms with Crippen LogP contribution in [0, 0.1) is 12.1 Å². The van der Waals surface area contributed by atoms with Crippen molar-refractivity contribution in [2.24, 2.45) is 0 Å². The summed E-state index contributed by atoms with van der Waals surface area (Å²) in [5.74, 6) is 0.371. The van der Waals surface area contributed by atoms with E-state index in [1.807, 2.05) is 23.5 Å². The Hall–Kier alpha value is -6.14. The number of allylic oxidation sites excluding steroid dienone is 1. The number of hydrogen-bond acceptors (Lipinski definition) is 2. The van der Waals surface area contributed by atoms with Gasteiger partial charge in [0.25, 0.3) is 0 Å². The number of hydrogen-bond donors (Lipinski definition) is 0. The molecule has 50 heavy (non-hydrogen) atoms. The quantitative estimate of drug-likeness (QED) is 0.165. The highest BCUT2D eigenvalue weighted by Crippen LogP contribution is 2.45. The summed E-state index contributed by atoms with van der Waals surface area (Å²) in [5, 5.41) is 1.37. The van der Waals surface area contributed by atoms with E-state index in [0.29, 0.717) is 5.92 Å². The van der Waals surface area contributed by atoms with Crippen molar-refractivity contribution >= 4 is 44.6 Å². The number of fused-ring (bicyclic) bond motifs is 3. The summed E-state index contributed by atoms with van der Waals surface area (Å²) < 4.78 is 1.37. The first-order valence-electron chi connectivity index (χ1n) is 17.1. The molecule has 0 saturated heterocycles. The monoisotopic (exact) mass is 655 g/mol. The van der Waals surface area contributed by atoms with Crippen molar-refractivity contribution in [3.05, 3.63) is 204 Å². The first kappa shape index (κ1) is 30.0. The maximum absolute atomic E-state index is 3.23. The molecule has 1 aliphatic rings. The molecule has 7 aromatic carbocycles. The Labute approximate surface area is 298 Å². The molecule has 9 rings (SSSR count). The van der Waals surface area contributed by atoms with Crippen LogP contribution in [0.5, 0.6) is 0 Å². The summed E-state index contributed by atoms with van der Waals surface area (Å²) in [4.78, 5) is 3.81. The third-order valence-corrected chi connectivity index (χ3v) is 11.0. The molecular formula is C48H33NS. The summed E-state index contributed by atoms with van der Waals surface area (Å²) in [6.07, 6.45) is 5.69. The fourth-order valence-electron chi connectivity index (χ4n) is 7.16. The number of benzene rings is 6. The SMILES string of the molecule is c1cccc(-c2ccc(N(c3ccc(-c4ccccc4)cc3)c3ccc(-c4cccc(C5CC=Cc6c5sc5ccccc65)c4)cc3)cc2)c#1. The molecule has 0 saturated carbocycles. The second-order valence-corrected chi connectivity index (χ2v) is 13.8. The fraction of sp³-hybridized carbons (Fsp3) is 0.0417. The Morgan fingerprint density at radius 1 is 0.540 bits per heavy atom. The zero-order valence-electron chi connectivity index (χ0n) is 27.5. The van der Waals surface area contributed by atoms with E-state index < -0.39 is 0 Å². The van der Waals surface area contributed by atoms with Crippen LogP contribution >= 0.6 is 11.3 Å². The zero-order chi connectivity index (χ0) is 33.3. The predicted molar refractivity (Wildman–Crippen MR) is 212 cm³/mol. The second-order valence-electron chi connectivity index (χ2n) is 12.7. The number of anilines is 3. The maximum Gasteiger partial charge on any atom is 0.0462 e. The summed E-state index contributed by atoms with van der Waals surface area (Å²) >= 11 is 1.94. The van der Waals surface area contributed by atoms with E-state index in [9.17, 15) is 0 Å². The van der Waals surface area contributed by atoms with Gasteiger partial charge in [-0.15, -0.1) is 11.3 Å². The minimum absolute atomic E-state index is 0.371. The van der Waals surface area contributed by atoms with E-state index in [2.05, 4.69) is 187 Å². The summed E-state index contributed by atoms with van der Waals surface area (Å²) in [7, 11) is 0. The van der Waals surface area contributed by atoms with Gasteiger partial charge in [-0.25, -0.2) is 0 Å². The topological polar surface area (TPSA) is 3.24 Å². The average molecular weight is 656 g/mol. The van der Waals surface area contributed by atoms with Gasteiger partial charge in [0.15, 0.2) is 0 Å². The van der Waals surface area contributed by atoms with Gasteiger partial charge in [0.1, 0.15) is 0 Å². The number of rotatable bonds is 7. The molecule has 0 radical (unpaired) electrons. The highest BCUT2D eigenvalue weighted by molar-refractivity contribution is 7.19. The van der Waals surface area contributed by atoms with E-state index in [1.54, 1.807) is 0 Å². The van der Waals surface area contributed by atoms with Crippen molar-refractivity contribution in [3.8, 4) is 33.4 Å². The van der Waals surface area contributed by atoms with Gasteiger partial charge in [0.05, 0.1) is 0 Å². The molecule has 1 nitrogen and oxygen atoms in total. The van der Waals surface area contributed by atoms with Crippen LogP contribution in [0.1, 0.15) is 28.3 Å². The third-order valence-electron chi connectivity index (χ3n) is 9.70. The van der Waals surface area contributed by atoms with Gasteiger partial charge < -0.3 is 4.90 Å². The van der Waals surface area contributed by atoms with Crippen molar-refractivity contribution < 1.29 is 0 Å². The Morgan fingerprint density at radius 2 is 1.16 bits per heavy atom. The van der Waals surface area contributed by atoms with Gasteiger partial charge in [-0.2, -0.15) is 0 Å². The van der Waals surface area contributed by atoms with E-state index in [1.165, 1.54) is 48.3 Å². The Balaban J connectivity index is 1.05. The number of thiophene rings is 1. The average Bonchev–Trinajstić information content (AvgIpc) is 3.59. The lowest BCUT2D eigenvalue weighted by molar-refractivity contribution is 0.840. The van der Waals surface area contributed by atoms with Crippen LogP contribution in [0.3, 0.4) is 0 Å². The molecule has 2 heteroatoms. The molecular weight excluding hydrogens is 623 g/mol. The molecule has 1 aliphatic carbocycles. The van der Waals surface area contributed by atoms with Crippen molar-refractivity contribution in [1.29, 1.82) is 0 Å². The molecule has 0 fully saturated rings. The Morgan fingerprint density at radius 3 is 1.86 bits per heavy atom. The second kappa shape index (κ2) is 13.1. The van der Waals surface area contributed by atoms with Crippen molar-refractivity contribution in [2.45, 2.75) is 12.3 Å². The highest BCUT2D eigenvalue weighted by Gasteiger charge is 2.23. The van der Waals surface area contributed by atoms with Crippen LogP contribution in [-0.4, -0.2) is 0 Å². The summed E-state index contributed by atoms with van der Waals surface area (Å²) in [6.45, 7) is 0. The first-order chi connectivity index (χ1) is 24.8. The summed E-state index contributed by atoms with van der Waals surface area (Å²) in [5.41, 5.74) is 13.1. The molecule has 1 heterocycles. The molecule has 1 unspecified atom stereocenters. The fourth-order valence-corrected chi connectivity index (χ4v) is 8.50. The third kappa shape index (κ3) is 5.69. The molecule has 0 N–H and O–H groups in total. The van der Waals surface area contributed by atoms with E-state index in [4.69, 9.17) is 0 Å². The van der Waals surface area contributed by atoms with Crippen LogP contribution in [0.15, 0.2) is 176 Å². The standard InChI is InChI=1S/C48H33NS/c1-3-11-34(12-4-1)36-21-27-41(28-22-36)49(42-29-23-37(24-30-42)35-13-5-2-6-14-35)43-31-25-38(26-32-43)39-15-9-16-40(33-39)44-18-10-19-46-45-17-7-8-20-47(45)50-48(44)46/h1-5,7-13,15-17,19-33,44H,18H2. The van der Waals surface area contributed by atoms with Crippen LogP contribution in [-0.2, 0) is 0 Å². The molecule has 0 spiro atoms. The van der Waals surface area contributed by atoms with Crippen molar-refractivity contribution in [3.63, 3.8) is 0 Å². The normalized spacial score (nSPS) is 13.5. The smallest absolute Gasteiger partial charge is 0.0462 e. The maximum atomic E-state index is 3.23. The van der Waals surface area contributed by atoms with E-state index in [0.717, 1.165) is 34.6 Å². The van der Waals surface area contributed by atoms with Crippen LogP contribution < -0.4 is 4.90 Å². The van der Waals surface area contributed by atoms with E-state index in [-0.39, 0.29) is 0 Å². The lowest BCUT2D eigenvalue weighted by atomic mass is 9.86. The van der Waals surface area contributed by atoms with Gasteiger partial charge in [-0.05, 0) is 105 Å². The minimum Gasteiger partial charge on any atom is -0.311 e. The molecule has 0 amide bonds. The Kier molecular flexibility index (Phi) is 7.82. The lowest BCUT2D eigenvalue weighted by Gasteiger charge is -2.26. The van der Waals surface area contributed by atoms with Gasteiger partial charge in [0.2, 0.25) is 0 Å². The predicted octanol–water partition coefficient (Wildman–Crippen LogP) is 13.5. The molecule has 0 bridgehead atoms. The van der Waals surface area contributed by atoms with Crippen LogP contribution in [0.4, 0.5) is 17.1 Å². The van der Waals surface area contributed by atoms with Gasteiger partial charge in [0, 0.05) is 38.1 Å². The zero-order valence-corrected chi connectivity index (χ0v) is 28.3. The van der Waals surface area contributed by atoms with Crippen LogP contribution in [0.2, 0.25) is 0 Å². The van der Waals surface area contributed by atoms with Crippen LogP contribution in [0.25, 0.3) is 49.5 Å². The molecule has 1 atom stereocenters.